The Balaban J connectivity index is 2.28. The van der Waals surface area contributed by atoms with E-state index >= 15 is 0 Å². The summed E-state index contributed by atoms with van der Waals surface area (Å²) in [6.45, 7) is 7.33. The minimum Gasteiger partial charge on any atom is -0.391 e. The zero-order valence-electron chi connectivity index (χ0n) is 9.57. The van der Waals surface area contributed by atoms with Crippen molar-refractivity contribution in [1.82, 2.24) is 15.3 Å². The van der Waals surface area contributed by atoms with Crippen molar-refractivity contribution in [2.45, 2.75) is 33.4 Å². The molecule has 0 bridgehead atoms. The van der Waals surface area contributed by atoms with Crippen LogP contribution in [-0.4, -0.2) is 27.7 Å². The summed E-state index contributed by atoms with van der Waals surface area (Å²) in [5.74, 6) is 0. The standard InChI is InChI=1S/C11H19N3O/c1-11(2,3)10(15)7-12-4-9-5-13-8-14-6-9/h5-6,8,10,12,15H,4,7H2,1-3H3. The van der Waals surface area contributed by atoms with Gasteiger partial charge in [0.2, 0.25) is 0 Å². The van der Waals surface area contributed by atoms with E-state index in [1.807, 2.05) is 20.8 Å². The lowest BCUT2D eigenvalue weighted by Gasteiger charge is -2.25. The SMILES string of the molecule is CC(C)(C)C(O)CNCc1cncnc1. The van der Waals surface area contributed by atoms with Gasteiger partial charge in [0.25, 0.3) is 0 Å². The lowest BCUT2D eigenvalue weighted by atomic mass is 9.89. The van der Waals surface area contributed by atoms with Crippen LogP contribution in [0.15, 0.2) is 18.7 Å². The molecule has 0 radical (unpaired) electrons. The van der Waals surface area contributed by atoms with Crippen LogP contribution in [0.25, 0.3) is 0 Å². The van der Waals surface area contributed by atoms with Gasteiger partial charge >= 0.3 is 0 Å². The molecule has 0 spiro atoms. The molecular formula is C11H19N3O. The molecule has 0 saturated heterocycles. The van der Waals surface area contributed by atoms with Gasteiger partial charge in [-0.05, 0) is 5.41 Å². The first-order valence-corrected chi connectivity index (χ1v) is 5.13. The molecule has 1 rings (SSSR count). The van der Waals surface area contributed by atoms with Gasteiger partial charge in [-0.15, -0.1) is 0 Å². The average molecular weight is 209 g/mol. The molecule has 84 valence electrons. The summed E-state index contributed by atoms with van der Waals surface area (Å²) in [5, 5.41) is 12.9. The normalized spacial score (nSPS) is 13.9. The predicted octanol–water partition coefficient (Wildman–Crippen LogP) is 0.973. The second kappa shape index (κ2) is 5.19. The number of hydrogen-bond donors (Lipinski definition) is 2. The predicted molar refractivity (Wildman–Crippen MR) is 59.2 cm³/mol. The quantitative estimate of drug-likeness (QED) is 0.776. The number of aromatic nitrogens is 2. The van der Waals surface area contributed by atoms with Crippen molar-refractivity contribution >= 4 is 0 Å². The molecule has 4 nitrogen and oxygen atoms in total. The number of nitrogens with one attached hydrogen (secondary N) is 1. The summed E-state index contributed by atoms with van der Waals surface area (Å²) in [6, 6.07) is 0. The molecule has 0 saturated carbocycles. The Kier molecular flexibility index (Phi) is 4.17. The molecule has 1 aromatic heterocycles. The van der Waals surface area contributed by atoms with E-state index in [1.165, 1.54) is 6.33 Å². The molecule has 1 heterocycles. The van der Waals surface area contributed by atoms with E-state index in [4.69, 9.17) is 0 Å². The van der Waals surface area contributed by atoms with Crippen molar-refractivity contribution in [1.29, 1.82) is 0 Å². The fraction of sp³-hybridized carbons (Fsp3) is 0.636. The van der Waals surface area contributed by atoms with Crippen molar-refractivity contribution < 1.29 is 5.11 Å². The van der Waals surface area contributed by atoms with Crippen LogP contribution >= 0.6 is 0 Å². The maximum absolute atomic E-state index is 9.77. The Hall–Kier alpha value is -1.00. The van der Waals surface area contributed by atoms with Gasteiger partial charge in [-0.2, -0.15) is 0 Å². The first kappa shape index (κ1) is 12.1. The lowest BCUT2D eigenvalue weighted by molar-refractivity contribution is 0.0627. The molecule has 2 N–H and O–H groups in total. The lowest BCUT2D eigenvalue weighted by Crippen LogP contribution is -2.36. The zero-order valence-corrected chi connectivity index (χ0v) is 9.57. The number of rotatable bonds is 4. The molecule has 1 aromatic rings. The van der Waals surface area contributed by atoms with Gasteiger partial charge in [-0.25, -0.2) is 9.97 Å². The Morgan fingerprint density at radius 3 is 2.47 bits per heavy atom. The molecule has 15 heavy (non-hydrogen) atoms. The van der Waals surface area contributed by atoms with Gasteiger partial charge in [-0.3, -0.25) is 0 Å². The van der Waals surface area contributed by atoms with Crippen LogP contribution in [-0.2, 0) is 6.54 Å². The van der Waals surface area contributed by atoms with E-state index in [0.717, 1.165) is 5.56 Å². The third kappa shape index (κ3) is 4.36. The third-order valence-corrected chi connectivity index (χ3v) is 2.28. The Morgan fingerprint density at radius 1 is 1.33 bits per heavy atom. The summed E-state index contributed by atoms with van der Waals surface area (Å²) in [6.07, 6.45) is 4.70. The van der Waals surface area contributed by atoms with E-state index in [1.54, 1.807) is 12.4 Å². The van der Waals surface area contributed by atoms with E-state index in [0.29, 0.717) is 13.1 Å². The van der Waals surface area contributed by atoms with Crippen molar-refractivity contribution in [3.05, 3.63) is 24.3 Å². The molecule has 0 aromatic carbocycles. The van der Waals surface area contributed by atoms with Gasteiger partial charge in [0.15, 0.2) is 0 Å². The van der Waals surface area contributed by atoms with Gasteiger partial charge in [0.1, 0.15) is 6.33 Å². The molecule has 4 heteroatoms. The second-order valence-corrected chi connectivity index (χ2v) is 4.76. The number of nitrogens with zero attached hydrogens (tertiary/aromatic N) is 2. The van der Waals surface area contributed by atoms with Gasteiger partial charge < -0.3 is 10.4 Å². The molecule has 0 aliphatic rings. The highest BCUT2D eigenvalue weighted by atomic mass is 16.3. The van der Waals surface area contributed by atoms with Crippen LogP contribution in [0.1, 0.15) is 26.3 Å². The van der Waals surface area contributed by atoms with Crippen LogP contribution in [0.3, 0.4) is 0 Å². The van der Waals surface area contributed by atoms with Crippen molar-refractivity contribution in [2.75, 3.05) is 6.54 Å². The maximum Gasteiger partial charge on any atom is 0.115 e. The minimum absolute atomic E-state index is 0.0831. The van der Waals surface area contributed by atoms with E-state index in [-0.39, 0.29) is 11.5 Å². The fourth-order valence-corrected chi connectivity index (χ4v) is 1.08. The summed E-state index contributed by atoms with van der Waals surface area (Å²) < 4.78 is 0. The third-order valence-electron chi connectivity index (χ3n) is 2.28. The Bertz CT molecular complexity index is 282. The largest absolute Gasteiger partial charge is 0.391 e. The van der Waals surface area contributed by atoms with E-state index < -0.39 is 0 Å². The van der Waals surface area contributed by atoms with Gasteiger partial charge in [-0.1, -0.05) is 20.8 Å². The molecule has 0 amide bonds. The van der Waals surface area contributed by atoms with Crippen LogP contribution < -0.4 is 5.32 Å². The van der Waals surface area contributed by atoms with E-state index in [2.05, 4.69) is 15.3 Å². The van der Waals surface area contributed by atoms with Gasteiger partial charge in [0, 0.05) is 31.0 Å². The molecule has 0 fully saturated rings. The van der Waals surface area contributed by atoms with Gasteiger partial charge in [0.05, 0.1) is 6.10 Å². The summed E-state index contributed by atoms with van der Waals surface area (Å²) in [5.41, 5.74) is 0.943. The smallest absolute Gasteiger partial charge is 0.115 e. The maximum atomic E-state index is 9.77. The Labute approximate surface area is 90.8 Å². The second-order valence-electron chi connectivity index (χ2n) is 4.76. The molecule has 0 aliphatic heterocycles. The van der Waals surface area contributed by atoms with Crippen LogP contribution in [0.5, 0.6) is 0 Å². The van der Waals surface area contributed by atoms with Crippen molar-refractivity contribution in [2.24, 2.45) is 5.41 Å². The highest BCUT2D eigenvalue weighted by Gasteiger charge is 2.21. The monoisotopic (exact) mass is 209 g/mol. The molecule has 1 unspecified atom stereocenters. The van der Waals surface area contributed by atoms with E-state index in [9.17, 15) is 5.11 Å². The molecular weight excluding hydrogens is 190 g/mol. The summed E-state index contributed by atoms with van der Waals surface area (Å²) in [7, 11) is 0. The van der Waals surface area contributed by atoms with Crippen molar-refractivity contribution in [3.63, 3.8) is 0 Å². The van der Waals surface area contributed by atoms with Crippen LogP contribution in [0.4, 0.5) is 0 Å². The van der Waals surface area contributed by atoms with Crippen molar-refractivity contribution in [3.8, 4) is 0 Å². The summed E-state index contributed by atoms with van der Waals surface area (Å²) in [4.78, 5) is 7.84. The summed E-state index contributed by atoms with van der Waals surface area (Å²) >= 11 is 0. The first-order chi connectivity index (χ1) is 7.00. The first-order valence-electron chi connectivity index (χ1n) is 5.13. The average Bonchev–Trinajstić information content (AvgIpc) is 2.18. The van der Waals surface area contributed by atoms with Crippen LogP contribution in [0.2, 0.25) is 0 Å². The van der Waals surface area contributed by atoms with Crippen LogP contribution in [0, 0.1) is 5.41 Å². The highest BCUT2D eigenvalue weighted by Crippen LogP contribution is 2.18. The zero-order chi connectivity index (χ0) is 11.3. The fourth-order valence-electron chi connectivity index (χ4n) is 1.08. The molecule has 0 aliphatic carbocycles. The Morgan fingerprint density at radius 2 is 1.93 bits per heavy atom. The minimum atomic E-state index is -0.345. The highest BCUT2D eigenvalue weighted by molar-refractivity contribution is 5.01. The number of aliphatic hydroxyl groups excluding tert-OH is 1. The molecule has 1 atom stereocenters. The number of aliphatic hydroxyl groups is 1. The topological polar surface area (TPSA) is 58.0 Å². The number of hydrogen-bond acceptors (Lipinski definition) is 4.